The van der Waals surface area contributed by atoms with Crippen LogP contribution in [-0.2, 0) is 17.8 Å². The zero-order chi connectivity index (χ0) is 20.6. The number of benzene rings is 1. The van der Waals surface area contributed by atoms with Crippen molar-refractivity contribution in [2.24, 2.45) is 5.73 Å². The largest absolute Gasteiger partial charge is 0.489 e. The fourth-order valence-corrected chi connectivity index (χ4v) is 3.62. The highest BCUT2D eigenvalue weighted by atomic mass is 16.5. The maximum absolute atomic E-state index is 12.3. The van der Waals surface area contributed by atoms with Crippen LogP contribution in [0.2, 0.25) is 0 Å². The predicted octanol–water partition coefficient (Wildman–Crippen LogP) is 1.66. The molecule has 0 saturated carbocycles. The second-order valence-electron chi connectivity index (χ2n) is 7.12. The molecule has 29 heavy (non-hydrogen) atoms. The minimum absolute atomic E-state index is 0.247. The molecular formula is C21H26N4O4. The van der Waals surface area contributed by atoms with Crippen molar-refractivity contribution >= 4 is 11.8 Å². The molecule has 1 aromatic heterocycles. The Morgan fingerprint density at radius 3 is 2.55 bits per heavy atom. The fraction of sp³-hybridized carbons (Fsp3) is 0.381. The van der Waals surface area contributed by atoms with E-state index in [0.29, 0.717) is 23.5 Å². The number of aromatic nitrogens is 1. The predicted molar refractivity (Wildman–Crippen MR) is 106 cm³/mol. The van der Waals surface area contributed by atoms with E-state index in [1.165, 1.54) is 0 Å². The Labute approximate surface area is 169 Å². The van der Waals surface area contributed by atoms with Crippen molar-refractivity contribution in [1.82, 2.24) is 15.4 Å². The average molecular weight is 398 g/mol. The van der Waals surface area contributed by atoms with Gasteiger partial charge in [0, 0.05) is 18.0 Å². The zero-order valence-corrected chi connectivity index (χ0v) is 16.2. The van der Waals surface area contributed by atoms with E-state index >= 15 is 0 Å². The number of hydrogen-bond acceptors (Lipinski definition) is 6. The number of pyridine rings is 1. The monoisotopic (exact) mass is 398 g/mol. The molecule has 0 bridgehead atoms. The highest BCUT2D eigenvalue weighted by Crippen LogP contribution is 2.23. The third-order valence-electron chi connectivity index (χ3n) is 5.15. The number of hydroxylamine groups is 1. The summed E-state index contributed by atoms with van der Waals surface area (Å²) in [4.78, 5) is 30.3. The topological polar surface area (TPSA) is 118 Å². The standard InChI is InChI=1S/C21H26N4O4/c22-20(26)18-5-4-17(29-14-15-6-8-23-9-7-15)12-16(18)13-19(21(27)24-28)25-10-2-1-3-11-25/h4-9,12,19,28H,1-3,10-11,13-14H2,(H2,22,26)(H,24,27)/t19-/m0/s1. The first-order valence-electron chi connectivity index (χ1n) is 9.71. The Morgan fingerprint density at radius 1 is 1.17 bits per heavy atom. The molecule has 0 aliphatic carbocycles. The lowest BCUT2D eigenvalue weighted by molar-refractivity contribution is -0.135. The zero-order valence-electron chi connectivity index (χ0n) is 16.2. The van der Waals surface area contributed by atoms with Gasteiger partial charge in [-0.2, -0.15) is 0 Å². The molecule has 2 amide bonds. The number of carbonyl (C=O) groups is 2. The number of ether oxygens (including phenoxy) is 1. The van der Waals surface area contributed by atoms with Gasteiger partial charge in [0.25, 0.3) is 5.91 Å². The highest BCUT2D eigenvalue weighted by Gasteiger charge is 2.28. The van der Waals surface area contributed by atoms with Crippen LogP contribution in [-0.4, -0.2) is 46.0 Å². The second-order valence-corrected chi connectivity index (χ2v) is 7.12. The van der Waals surface area contributed by atoms with Gasteiger partial charge < -0.3 is 10.5 Å². The van der Waals surface area contributed by atoms with E-state index in [4.69, 9.17) is 10.5 Å². The van der Waals surface area contributed by atoms with Crippen molar-refractivity contribution in [3.8, 4) is 5.75 Å². The Bertz CT molecular complexity index is 838. The van der Waals surface area contributed by atoms with Crippen LogP contribution in [0.4, 0.5) is 0 Å². The van der Waals surface area contributed by atoms with Gasteiger partial charge in [-0.3, -0.25) is 24.7 Å². The lowest BCUT2D eigenvalue weighted by Gasteiger charge is -2.33. The van der Waals surface area contributed by atoms with E-state index in [1.54, 1.807) is 36.1 Å². The molecule has 2 heterocycles. The smallest absolute Gasteiger partial charge is 0.261 e. The Hall–Kier alpha value is -2.97. The number of amides is 2. The third kappa shape index (κ3) is 5.52. The number of carbonyl (C=O) groups excluding carboxylic acids is 2. The number of piperidine rings is 1. The molecule has 8 nitrogen and oxygen atoms in total. The van der Waals surface area contributed by atoms with Crippen LogP contribution in [0.15, 0.2) is 42.7 Å². The summed E-state index contributed by atoms with van der Waals surface area (Å²) in [6.45, 7) is 1.88. The number of likely N-dealkylation sites (tertiary alicyclic amines) is 1. The molecule has 0 radical (unpaired) electrons. The Kier molecular flexibility index (Phi) is 7.15. The Balaban J connectivity index is 1.82. The molecule has 8 heteroatoms. The molecule has 1 aliphatic rings. The van der Waals surface area contributed by atoms with Gasteiger partial charge in [0.2, 0.25) is 5.91 Å². The van der Waals surface area contributed by atoms with Crippen molar-refractivity contribution in [1.29, 1.82) is 0 Å². The summed E-state index contributed by atoms with van der Waals surface area (Å²) >= 11 is 0. The van der Waals surface area contributed by atoms with Gasteiger partial charge in [-0.15, -0.1) is 0 Å². The third-order valence-corrected chi connectivity index (χ3v) is 5.15. The number of hydrogen-bond donors (Lipinski definition) is 3. The van der Waals surface area contributed by atoms with Crippen molar-refractivity contribution in [2.45, 2.75) is 38.3 Å². The average Bonchev–Trinajstić information content (AvgIpc) is 2.76. The molecule has 2 aromatic rings. The van der Waals surface area contributed by atoms with Crippen LogP contribution in [0.1, 0.15) is 40.7 Å². The first-order valence-corrected chi connectivity index (χ1v) is 9.71. The molecule has 1 fully saturated rings. The van der Waals surface area contributed by atoms with Gasteiger partial charge in [0.15, 0.2) is 0 Å². The quantitative estimate of drug-likeness (QED) is 0.460. The van der Waals surface area contributed by atoms with Crippen molar-refractivity contribution in [2.75, 3.05) is 13.1 Å². The van der Waals surface area contributed by atoms with E-state index in [9.17, 15) is 14.8 Å². The van der Waals surface area contributed by atoms with E-state index in [0.717, 1.165) is 37.9 Å². The fourth-order valence-electron chi connectivity index (χ4n) is 3.62. The van der Waals surface area contributed by atoms with Gasteiger partial charge in [0.05, 0.1) is 6.04 Å². The molecule has 154 valence electrons. The summed E-state index contributed by atoms with van der Waals surface area (Å²) in [5.41, 5.74) is 9.22. The van der Waals surface area contributed by atoms with E-state index in [1.807, 2.05) is 17.0 Å². The lowest BCUT2D eigenvalue weighted by atomic mass is 9.96. The summed E-state index contributed by atoms with van der Waals surface area (Å²) in [5, 5.41) is 9.21. The summed E-state index contributed by atoms with van der Waals surface area (Å²) in [6, 6.07) is 8.17. The van der Waals surface area contributed by atoms with E-state index < -0.39 is 17.9 Å². The first-order chi connectivity index (χ1) is 14.1. The summed E-state index contributed by atoms with van der Waals surface area (Å²) in [6.07, 6.45) is 6.74. The van der Waals surface area contributed by atoms with E-state index in [2.05, 4.69) is 4.98 Å². The molecule has 1 aliphatic heterocycles. The molecular weight excluding hydrogens is 372 g/mol. The SMILES string of the molecule is NC(=O)c1ccc(OCc2ccncc2)cc1C[C@@H](C(=O)NO)N1CCCCC1. The number of nitrogens with two attached hydrogens (primary N) is 1. The maximum Gasteiger partial charge on any atom is 0.261 e. The molecule has 0 unspecified atom stereocenters. The molecule has 1 saturated heterocycles. The van der Waals surface area contributed by atoms with Crippen molar-refractivity contribution < 1.29 is 19.5 Å². The molecule has 4 N–H and O–H groups in total. The van der Waals surface area contributed by atoms with Gasteiger partial charge in [-0.25, -0.2) is 5.48 Å². The van der Waals surface area contributed by atoms with E-state index in [-0.39, 0.29) is 6.42 Å². The molecule has 1 aromatic carbocycles. The summed E-state index contributed by atoms with van der Waals surface area (Å²) < 4.78 is 5.84. The van der Waals surface area contributed by atoms with Gasteiger partial charge in [-0.05, 0) is 73.8 Å². The number of rotatable bonds is 8. The number of nitrogens with zero attached hydrogens (tertiary/aromatic N) is 2. The van der Waals surface area contributed by atoms with Crippen LogP contribution >= 0.6 is 0 Å². The minimum atomic E-state index is -0.589. The van der Waals surface area contributed by atoms with Crippen LogP contribution in [0.3, 0.4) is 0 Å². The van der Waals surface area contributed by atoms with Crippen molar-refractivity contribution in [3.05, 3.63) is 59.4 Å². The van der Waals surface area contributed by atoms with Gasteiger partial charge in [-0.1, -0.05) is 6.42 Å². The van der Waals surface area contributed by atoms with Crippen LogP contribution < -0.4 is 16.0 Å². The normalized spacial score (nSPS) is 15.5. The first kappa shape index (κ1) is 20.8. The minimum Gasteiger partial charge on any atom is -0.489 e. The van der Waals surface area contributed by atoms with Gasteiger partial charge in [0.1, 0.15) is 12.4 Å². The number of primary amides is 1. The van der Waals surface area contributed by atoms with Crippen LogP contribution in [0, 0.1) is 0 Å². The summed E-state index contributed by atoms with van der Waals surface area (Å²) in [5.74, 6) is -0.489. The van der Waals surface area contributed by atoms with Crippen LogP contribution in [0.25, 0.3) is 0 Å². The lowest BCUT2D eigenvalue weighted by Crippen LogP contribution is -2.49. The Morgan fingerprint density at radius 2 is 1.90 bits per heavy atom. The molecule has 3 rings (SSSR count). The molecule has 1 atom stereocenters. The highest BCUT2D eigenvalue weighted by molar-refractivity contribution is 5.95. The van der Waals surface area contributed by atoms with Gasteiger partial charge >= 0.3 is 0 Å². The maximum atomic E-state index is 12.3. The number of nitrogens with one attached hydrogen (secondary N) is 1. The van der Waals surface area contributed by atoms with Crippen LogP contribution in [0.5, 0.6) is 5.75 Å². The second kappa shape index (κ2) is 9.99. The molecule has 0 spiro atoms. The summed E-state index contributed by atoms with van der Waals surface area (Å²) in [7, 11) is 0. The van der Waals surface area contributed by atoms with Crippen molar-refractivity contribution in [3.63, 3.8) is 0 Å².